The zero-order valence-corrected chi connectivity index (χ0v) is 19.6. The second-order valence-electron chi connectivity index (χ2n) is 8.42. The first-order chi connectivity index (χ1) is 16.6. The summed E-state index contributed by atoms with van der Waals surface area (Å²) >= 11 is 12.3. The average molecular weight is 494 g/mol. The quantitative estimate of drug-likeness (QED) is 0.364. The van der Waals surface area contributed by atoms with Crippen molar-refractivity contribution in [3.05, 3.63) is 93.1 Å². The molecule has 1 unspecified atom stereocenters. The van der Waals surface area contributed by atoms with Crippen molar-refractivity contribution in [2.45, 2.75) is 19.0 Å². The van der Waals surface area contributed by atoms with Crippen LogP contribution >= 0.6 is 23.2 Å². The number of nitrogens with one attached hydrogen (secondary N) is 2. The van der Waals surface area contributed by atoms with Crippen molar-refractivity contribution in [1.82, 2.24) is 15.2 Å². The third kappa shape index (κ3) is 3.63. The van der Waals surface area contributed by atoms with Gasteiger partial charge in [-0.3, -0.25) is 0 Å². The minimum Gasteiger partial charge on any atom is -0.454 e. The van der Waals surface area contributed by atoms with Crippen LogP contribution in [0.1, 0.15) is 28.4 Å². The van der Waals surface area contributed by atoms with Crippen molar-refractivity contribution < 1.29 is 14.3 Å². The van der Waals surface area contributed by atoms with E-state index in [1.165, 1.54) is 10.9 Å². The SMILES string of the molecule is O=C(NCc1ccc(Cl)cc1Cl)N1CCc2c([nH]c3ccccc23)C1c1ccc2c(c1)OCO2. The molecule has 172 valence electrons. The Labute approximate surface area is 206 Å². The number of urea groups is 1. The zero-order chi connectivity index (χ0) is 23.2. The van der Waals surface area contributed by atoms with Crippen molar-refractivity contribution in [2.75, 3.05) is 13.3 Å². The van der Waals surface area contributed by atoms with Crippen LogP contribution in [-0.4, -0.2) is 29.3 Å². The summed E-state index contributed by atoms with van der Waals surface area (Å²) < 4.78 is 11.1. The number of fused-ring (bicyclic) bond motifs is 4. The predicted octanol–water partition coefficient (Wildman–Crippen LogP) is 6.06. The van der Waals surface area contributed by atoms with Gasteiger partial charge in [0.1, 0.15) is 0 Å². The van der Waals surface area contributed by atoms with Gasteiger partial charge in [0.15, 0.2) is 11.5 Å². The zero-order valence-electron chi connectivity index (χ0n) is 18.1. The molecule has 2 aliphatic rings. The van der Waals surface area contributed by atoms with Crippen molar-refractivity contribution in [1.29, 1.82) is 0 Å². The number of carbonyl (C=O) groups excluding carboxylic acids is 1. The molecule has 0 aliphatic carbocycles. The molecule has 1 atom stereocenters. The minimum atomic E-state index is -0.300. The molecular weight excluding hydrogens is 473 g/mol. The molecular formula is C26H21Cl2N3O3. The number of benzene rings is 3. The molecule has 0 radical (unpaired) electrons. The summed E-state index contributed by atoms with van der Waals surface area (Å²) in [5.41, 5.74) is 5.08. The van der Waals surface area contributed by atoms with Gasteiger partial charge in [-0.15, -0.1) is 0 Å². The maximum atomic E-state index is 13.5. The first-order valence-corrected chi connectivity index (χ1v) is 11.8. The third-order valence-electron chi connectivity index (χ3n) is 6.45. The lowest BCUT2D eigenvalue weighted by Crippen LogP contribution is -2.45. The van der Waals surface area contributed by atoms with E-state index in [0.717, 1.165) is 28.8 Å². The summed E-state index contributed by atoms with van der Waals surface area (Å²) in [4.78, 5) is 18.9. The van der Waals surface area contributed by atoms with Gasteiger partial charge in [0.05, 0.1) is 6.04 Å². The summed E-state index contributed by atoms with van der Waals surface area (Å²) in [5, 5.41) is 5.31. The van der Waals surface area contributed by atoms with Gasteiger partial charge in [-0.05, 0) is 53.4 Å². The van der Waals surface area contributed by atoms with Crippen LogP contribution in [0, 0.1) is 0 Å². The number of ether oxygens (including phenoxy) is 2. The molecule has 2 N–H and O–H groups in total. The molecule has 1 aromatic heterocycles. The summed E-state index contributed by atoms with van der Waals surface area (Å²) in [6.07, 6.45) is 0.759. The van der Waals surface area contributed by atoms with Crippen LogP contribution in [0.25, 0.3) is 10.9 Å². The van der Waals surface area contributed by atoms with E-state index < -0.39 is 0 Å². The summed E-state index contributed by atoms with van der Waals surface area (Å²) in [6, 6.07) is 18.9. The lowest BCUT2D eigenvalue weighted by atomic mass is 9.92. The molecule has 6 nitrogen and oxygen atoms in total. The van der Waals surface area contributed by atoms with E-state index in [9.17, 15) is 4.79 Å². The molecule has 4 aromatic rings. The summed E-state index contributed by atoms with van der Waals surface area (Å²) in [6.45, 7) is 1.08. The topological polar surface area (TPSA) is 66.6 Å². The van der Waals surface area contributed by atoms with Crippen LogP contribution in [0.5, 0.6) is 11.5 Å². The number of hydrogen-bond acceptors (Lipinski definition) is 3. The highest BCUT2D eigenvalue weighted by Gasteiger charge is 2.35. The van der Waals surface area contributed by atoms with Gasteiger partial charge in [-0.1, -0.05) is 53.5 Å². The molecule has 3 heterocycles. The number of para-hydroxylation sites is 1. The third-order valence-corrected chi connectivity index (χ3v) is 7.04. The van der Waals surface area contributed by atoms with Crippen LogP contribution in [-0.2, 0) is 13.0 Å². The number of nitrogens with zero attached hydrogens (tertiary/aromatic N) is 1. The first-order valence-electron chi connectivity index (χ1n) is 11.1. The van der Waals surface area contributed by atoms with E-state index in [1.54, 1.807) is 12.1 Å². The Morgan fingerprint density at radius 3 is 2.79 bits per heavy atom. The highest BCUT2D eigenvalue weighted by molar-refractivity contribution is 6.35. The fourth-order valence-electron chi connectivity index (χ4n) is 4.83. The molecule has 8 heteroatoms. The van der Waals surface area contributed by atoms with Crippen molar-refractivity contribution in [2.24, 2.45) is 0 Å². The highest BCUT2D eigenvalue weighted by atomic mass is 35.5. The molecule has 2 aliphatic heterocycles. The van der Waals surface area contributed by atoms with Gasteiger partial charge >= 0.3 is 6.03 Å². The van der Waals surface area contributed by atoms with E-state index >= 15 is 0 Å². The molecule has 0 spiro atoms. The number of aromatic nitrogens is 1. The van der Waals surface area contributed by atoms with E-state index in [1.807, 2.05) is 41.3 Å². The van der Waals surface area contributed by atoms with Gasteiger partial charge in [-0.25, -0.2) is 4.79 Å². The Morgan fingerprint density at radius 1 is 1.06 bits per heavy atom. The normalized spacial score (nSPS) is 16.5. The Hall–Kier alpha value is -3.35. The van der Waals surface area contributed by atoms with Gasteiger partial charge in [-0.2, -0.15) is 0 Å². The van der Waals surface area contributed by atoms with Crippen LogP contribution < -0.4 is 14.8 Å². The monoisotopic (exact) mass is 493 g/mol. The highest BCUT2D eigenvalue weighted by Crippen LogP contribution is 2.42. The van der Waals surface area contributed by atoms with Crippen molar-refractivity contribution in [3.63, 3.8) is 0 Å². The Bertz CT molecular complexity index is 1420. The van der Waals surface area contributed by atoms with Gasteiger partial charge in [0.25, 0.3) is 0 Å². The van der Waals surface area contributed by atoms with Gasteiger partial charge in [0.2, 0.25) is 6.79 Å². The lowest BCUT2D eigenvalue weighted by molar-refractivity contribution is 0.173. The van der Waals surface area contributed by atoms with E-state index in [0.29, 0.717) is 34.6 Å². The van der Waals surface area contributed by atoms with Gasteiger partial charge in [0, 0.05) is 39.7 Å². The fraction of sp³-hybridized carbons (Fsp3) is 0.192. The number of hydrogen-bond donors (Lipinski definition) is 2. The van der Waals surface area contributed by atoms with Crippen LogP contribution in [0.2, 0.25) is 10.0 Å². The van der Waals surface area contributed by atoms with Crippen LogP contribution in [0.15, 0.2) is 60.7 Å². The Morgan fingerprint density at radius 2 is 1.91 bits per heavy atom. The molecule has 3 aromatic carbocycles. The maximum absolute atomic E-state index is 13.5. The molecule has 0 bridgehead atoms. The predicted molar refractivity (Wildman–Crippen MR) is 132 cm³/mol. The number of rotatable bonds is 3. The van der Waals surface area contributed by atoms with Crippen molar-refractivity contribution >= 4 is 40.1 Å². The van der Waals surface area contributed by atoms with Crippen LogP contribution in [0.3, 0.4) is 0 Å². The number of amides is 2. The van der Waals surface area contributed by atoms with E-state index in [2.05, 4.69) is 22.4 Å². The molecule has 0 fully saturated rings. The first kappa shape index (κ1) is 21.2. The number of aromatic amines is 1. The van der Waals surface area contributed by atoms with Crippen LogP contribution in [0.4, 0.5) is 4.79 Å². The van der Waals surface area contributed by atoms with E-state index in [-0.39, 0.29) is 18.9 Å². The largest absolute Gasteiger partial charge is 0.454 e. The Kier molecular flexibility index (Phi) is 5.27. The summed E-state index contributed by atoms with van der Waals surface area (Å²) in [7, 11) is 0. The lowest BCUT2D eigenvalue weighted by Gasteiger charge is -2.36. The Balaban J connectivity index is 1.36. The standard InChI is InChI=1S/C26H21Cl2N3O3/c27-17-7-5-16(20(28)12-17)13-29-26(32)31-10-9-19-18-3-1-2-4-21(18)30-24(19)25(31)15-6-8-22-23(11-15)34-14-33-22/h1-8,11-12,25,30H,9-10,13-14H2,(H,29,32). The number of H-pyrrole nitrogens is 1. The second-order valence-corrected chi connectivity index (χ2v) is 9.26. The smallest absolute Gasteiger partial charge is 0.318 e. The average Bonchev–Trinajstić information content (AvgIpc) is 3.46. The van der Waals surface area contributed by atoms with Crippen molar-refractivity contribution in [3.8, 4) is 11.5 Å². The summed E-state index contributed by atoms with van der Waals surface area (Å²) in [5.74, 6) is 1.40. The molecule has 0 saturated heterocycles. The molecule has 34 heavy (non-hydrogen) atoms. The van der Waals surface area contributed by atoms with Gasteiger partial charge < -0.3 is 24.7 Å². The minimum absolute atomic E-state index is 0.169. The second kappa shape index (κ2) is 8.46. The fourth-order valence-corrected chi connectivity index (χ4v) is 5.30. The number of carbonyl (C=O) groups is 1. The maximum Gasteiger partial charge on any atom is 0.318 e. The molecule has 0 saturated carbocycles. The molecule has 2 amide bonds. The number of halogens is 2. The van der Waals surface area contributed by atoms with E-state index in [4.69, 9.17) is 32.7 Å². The molecule has 6 rings (SSSR count).